The minimum absolute atomic E-state index is 0.0783. The summed E-state index contributed by atoms with van der Waals surface area (Å²) in [5, 5.41) is 8.64. The molecule has 1 amide bonds. The van der Waals surface area contributed by atoms with Gasteiger partial charge in [-0.2, -0.15) is 0 Å². The maximum absolute atomic E-state index is 11.8. The van der Waals surface area contributed by atoms with Gasteiger partial charge >= 0.3 is 5.97 Å². The minimum atomic E-state index is -0.790. The summed E-state index contributed by atoms with van der Waals surface area (Å²) in [6, 6.07) is 7.81. The van der Waals surface area contributed by atoms with Crippen LogP contribution in [0.15, 0.2) is 33.6 Å². The highest BCUT2D eigenvalue weighted by molar-refractivity contribution is 9.10. The molecule has 6 heteroatoms. The molecule has 1 heterocycles. The summed E-state index contributed by atoms with van der Waals surface area (Å²) in [6.07, 6.45) is 0.156. The Bertz CT molecular complexity index is 471. The van der Waals surface area contributed by atoms with Gasteiger partial charge in [-0.3, -0.25) is 9.59 Å². The number of carboxylic acid groups (broad SMARTS) is 1. The number of carboxylic acids is 1. The molecule has 2 rings (SSSR count). The lowest BCUT2D eigenvalue weighted by molar-refractivity contribution is -0.143. The second-order valence-electron chi connectivity index (χ2n) is 4.51. The van der Waals surface area contributed by atoms with Gasteiger partial charge in [0.2, 0.25) is 5.91 Å². The highest BCUT2D eigenvalue weighted by atomic mass is 79.9. The van der Waals surface area contributed by atoms with Crippen molar-refractivity contribution in [1.82, 2.24) is 4.90 Å². The molecule has 102 valence electrons. The van der Waals surface area contributed by atoms with Crippen LogP contribution in [0.4, 0.5) is 0 Å². The van der Waals surface area contributed by atoms with Crippen LogP contribution in [-0.4, -0.2) is 40.7 Å². The number of nitrogens with zero attached hydrogens (tertiary/aromatic N) is 1. The van der Waals surface area contributed by atoms with E-state index in [4.69, 9.17) is 5.11 Å². The summed E-state index contributed by atoms with van der Waals surface area (Å²) in [4.78, 5) is 25.1. The second kappa shape index (κ2) is 6.43. The van der Waals surface area contributed by atoms with Gasteiger partial charge in [0.1, 0.15) is 0 Å². The van der Waals surface area contributed by atoms with Crippen molar-refractivity contribution < 1.29 is 14.7 Å². The van der Waals surface area contributed by atoms with Crippen LogP contribution in [0.25, 0.3) is 0 Å². The summed E-state index contributed by atoms with van der Waals surface area (Å²) >= 11 is 4.86. The van der Waals surface area contributed by atoms with Gasteiger partial charge in [-0.1, -0.05) is 15.9 Å². The maximum Gasteiger partial charge on any atom is 0.303 e. The molecule has 1 aliphatic rings. The quantitative estimate of drug-likeness (QED) is 0.834. The molecule has 0 saturated carbocycles. The second-order valence-corrected chi connectivity index (χ2v) is 6.47. The van der Waals surface area contributed by atoms with Gasteiger partial charge in [0.25, 0.3) is 0 Å². The third-order valence-electron chi connectivity index (χ3n) is 2.95. The first-order valence-corrected chi connectivity index (χ1v) is 7.70. The number of likely N-dealkylation sites (tertiary alicyclic amines) is 1. The SMILES string of the molecule is O=C(O)CC1CN(C(=O)CSc2ccc(Br)cc2)C1. The van der Waals surface area contributed by atoms with Crippen molar-refractivity contribution in [2.24, 2.45) is 5.92 Å². The smallest absolute Gasteiger partial charge is 0.303 e. The molecular weight excluding hydrogens is 330 g/mol. The number of aliphatic carboxylic acids is 1. The van der Waals surface area contributed by atoms with E-state index in [1.807, 2.05) is 24.3 Å². The van der Waals surface area contributed by atoms with Crippen molar-refractivity contribution in [3.63, 3.8) is 0 Å². The molecule has 0 radical (unpaired) electrons. The maximum atomic E-state index is 11.8. The summed E-state index contributed by atoms with van der Waals surface area (Å²) < 4.78 is 1.02. The fraction of sp³-hybridized carbons (Fsp3) is 0.385. The fourth-order valence-corrected chi connectivity index (χ4v) is 2.98. The first-order valence-electron chi connectivity index (χ1n) is 5.92. The Balaban J connectivity index is 1.71. The van der Waals surface area contributed by atoms with Crippen molar-refractivity contribution in [2.75, 3.05) is 18.8 Å². The van der Waals surface area contributed by atoms with Crippen LogP contribution < -0.4 is 0 Å². The monoisotopic (exact) mass is 343 g/mol. The Kier molecular flexibility index (Phi) is 4.87. The first kappa shape index (κ1) is 14.4. The molecule has 0 aromatic heterocycles. The number of amides is 1. The number of hydrogen-bond acceptors (Lipinski definition) is 3. The highest BCUT2D eigenvalue weighted by Gasteiger charge is 2.31. The highest BCUT2D eigenvalue weighted by Crippen LogP contribution is 2.24. The Morgan fingerprint density at radius 2 is 1.95 bits per heavy atom. The average molecular weight is 344 g/mol. The third-order valence-corrected chi connectivity index (χ3v) is 4.47. The standard InChI is InChI=1S/C13H14BrNO3S/c14-10-1-3-11(4-2-10)19-8-12(16)15-6-9(7-15)5-13(17)18/h1-4,9H,5-8H2,(H,17,18). The topological polar surface area (TPSA) is 57.6 Å². The van der Waals surface area contributed by atoms with Crippen LogP contribution in [-0.2, 0) is 9.59 Å². The largest absolute Gasteiger partial charge is 0.481 e. The zero-order valence-electron chi connectivity index (χ0n) is 10.2. The van der Waals surface area contributed by atoms with E-state index in [1.54, 1.807) is 4.90 Å². The minimum Gasteiger partial charge on any atom is -0.481 e. The van der Waals surface area contributed by atoms with Crippen LogP contribution in [0, 0.1) is 5.92 Å². The molecule has 0 aliphatic carbocycles. The van der Waals surface area contributed by atoms with E-state index in [0.29, 0.717) is 18.8 Å². The van der Waals surface area contributed by atoms with Gasteiger partial charge in [-0.15, -0.1) is 11.8 Å². The van der Waals surface area contributed by atoms with Crippen LogP contribution in [0.3, 0.4) is 0 Å². The fourth-order valence-electron chi connectivity index (χ4n) is 1.92. The van der Waals surface area contributed by atoms with Gasteiger partial charge in [0.15, 0.2) is 0 Å². The van der Waals surface area contributed by atoms with Crippen LogP contribution in [0.5, 0.6) is 0 Å². The number of rotatable bonds is 5. The number of carbonyl (C=O) groups excluding carboxylic acids is 1. The van der Waals surface area contributed by atoms with Gasteiger partial charge in [-0.25, -0.2) is 0 Å². The lowest BCUT2D eigenvalue weighted by Gasteiger charge is -2.38. The van der Waals surface area contributed by atoms with E-state index in [1.165, 1.54) is 11.8 Å². The van der Waals surface area contributed by atoms with Crippen molar-refractivity contribution in [2.45, 2.75) is 11.3 Å². The van der Waals surface area contributed by atoms with Crippen molar-refractivity contribution in [3.05, 3.63) is 28.7 Å². The number of halogens is 1. The van der Waals surface area contributed by atoms with Crippen LogP contribution in [0.2, 0.25) is 0 Å². The molecule has 1 aliphatic heterocycles. The third kappa shape index (κ3) is 4.24. The molecule has 0 unspecified atom stereocenters. The predicted molar refractivity (Wildman–Crippen MR) is 77.2 cm³/mol. The molecule has 1 aromatic carbocycles. The Hall–Kier alpha value is -1.01. The normalized spacial score (nSPS) is 15.1. The molecule has 1 fully saturated rings. The average Bonchev–Trinajstić information content (AvgIpc) is 2.32. The van der Waals surface area contributed by atoms with Gasteiger partial charge in [-0.05, 0) is 24.3 Å². The molecule has 1 N–H and O–H groups in total. The predicted octanol–water partition coefficient (Wildman–Crippen LogP) is 2.47. The van der Waals surface area contributed by atoms with E-state index in [2.05, 4.69) is 15.9 Å². The van der Waals surface area contributed by atoms with Crippen molar-refractivity contribution in [1.29, 1.82) is 0 Å². The summed E-state index contributed by atoms with van der Waals surface area (Å²) in [7, 11) is 0. The number of carbonyl (C=O) groups is 2. The van der Waals surface area contributed by atoms with Crippen molar-refractivity contribution >= 4 is 39.6 Å². The number of thioether (sulfide) groups is 1. The molecule has 0 spiro atoms. The molecule has 0 atom stereocenters. The summed E-state index contributed by atoms with van der Waals surface area (Å²) in [5.74, 6) is -0.184. The Labute approximate surface area is 124 Å². The van der Waals surface area contributed by atoms with Crippen LogP contribution in [0.1, 0.15) is 6.42 Å². The van der Waals surface area contributed by atoms with Gasteiger partial charge in [0, 0.05) is 28.4 Å². The number of benzene rings is 1. The first-order chi connectivity index (χ1) is 9.04. The molecule has 1 aromatic rings. The lowest BCUT2D eigenvalue weighted by Crippen LogP contribution is -2.51. The lowest BCUT2D eigenvalue weighted by atomic mass is 9.96. The zero-order valence-corrected chi connectivity index (χ0v) is 12.6. The van der Waals surface area contributed by atoms with E-state index >= 15 is 0 Å². The zero-order chi connectivity index (χ0) is 13.8. The van der Waals surface area contributed by atoms with E-state index in [9.17, 15) is 9.59 Å². The summed E-state index contributed by atoms with van der Waals surface area (Å²) in [6.45, 7) is 1.15. The van der Waals surface area contributed by atoms with Crippen LogP contribution >= 0.6 is 27.7 Å². The summed E-state index contributed by atoms with van der Waals surface area (Å²) in [5.41, 5.74) is 0. The molecule has 4 nitrogen and oxygen atoms in total. The van der Waals surface area contributed by atoms with Gasteiger partial charge in [0.05, 0.1) is 12.2 Å². The van der Waals surface area contributed by atoms with E-state index in [0.717, 1.165) is 9.37 Å². The molecular formula is C13H14BrNO3S. The Morgan fingerprint density at radius 3 is 2.53 bits per heavy atom. The van der Waals surface area contributed by atoms with E-state index < -0.39 is 5.97 Å². The van der Waals surface area contributed by atoms with Gasteiger partial charge < -0.3 is 10.0 Å². The Morgan fingerprint density at radius 1 is 1.32 bits per heavy atom. The molecule has 0 bridgehead atoms. The van der Waals surface area contributed by atoms with Crippen molar-refractivity contribution in [3.8, 4) is 0 Å². The molecule has 1 saturated heterocycles. The number of hydrogen-bond donors (Lipinski definition) is 1. The van der Waals surface area contributed by atoms with E-state index in [-0.39, 0.29) is 18.2 Å². The molecule has 19 heavy (non-hydrogen) atoms.